The molecule has 0 spiro atoms. The van der Waals surface area contributed by atoms with Crippen LogP contribution in [0.3, 0.4) is 0 Å². The number of methoxy groups -OCH3 is 1. The monoisotopic (exact) mass is 268 g/mol. The minimum atomic E-state index is 0.00416. The molecular weight excluding hydrogens is 248 g/mol. The minimum Gasteiger partial charge on any atom is -0.496 e. The molecule has 0 saturated carbocycles. The molecule has 0 heterocycles. The molecule has 2 heteroatoms. The molecule has 0 aliphatic carbocycles. The van der Waals surface area contributed by atoms with E-state index >= 15 is 0 Å². The maximum atomic E-state index is 12.5. The second kappa shape index (κ2) is 6.90. The summed E-state index contributed by atoms with van der Waals surface area (Å²) in [6.07, 6.45) is 3.43. The predicted octanol–water partition coefficient (Wildman–Crippen LogP) is 4.27. The van der Waals surface area contributed by atoms with Crippen LogP contribution < -0.4 is 4.74 Å². The van der Waals surface area contributed by atoms with Crippen LogP contribution in [0.5, 0.6) is 5.75 Å². The van der Waals surface area contributed by atoms with Crippen molar-refractivity contribution in [1.29, 1.82) is 0 Å². The zero-order valence-electron chi connectivity index (χ0n) is 12.1. The first-order chi connectivity index (χ1) is 9.76. The number of aryl methyl sites for hydroxylation is 1. The number of unbranched alkanes of at least 4 members (excludes halogenated alkanes) is 1. The smallest absolute Gasteiger partial charge is 0.196 e. The van der Waals surface area contributed by atoms with Gasteiger partial charge in [0.2, 0.25) is 0 Å². The summed E-state index contributed by atoms with van der Waals surface area (Å²) in [5, 5.41) is 0. The average Bonchev–Trinajstić information content (AvgIpc) is 2.52. The Morgan fingerprint density at radius 2 is 1.75 bits per heavy atom. The van der Waals surface area contributed by atoms with Crippen LogP contribution in [0.25, 0.3) is 0 Å². The van der Waals surface area contributed by atoms with E-state index in [1.54, 1.807) is 13.2 Å². The number of hydrogen-bond acceptors (Lipinski definition) is 2. The van der Waals surface area contributed by atoms with Crippen molar-refractivity contribution < 1.29 is 9.53 Å². The lowest BCUT2D eigenvalue weighted by Gasteiger charge is -2.08. The van der Waals surface area contributed by atoms with Gasteiger partial charge in [0.1, 0.15) is 5.75 Å². The number of ether oxygens (including phenoxy) is 1. The number of hydrogen-bond donors (Lipinski definition) is 0. The molecule has 0 amide bonds. The van der Waals surface area contributed by atoms with Crippen molar-refractivity contribution in [1.82, 2.24) is 0 Å². The highest BCUT2D eigenvalue weighted by atomic mass is 16.5. The summed E-state index contributed by atoms with van der Waals surface area (Å²) >= 11 is 0. The quantitative estimate of drug-likeness (QED) is 0.731. The molecule has 0 unspecified atom stereocenters. The van der Waals surface area contributed by atoms with Gasteiger partial charge in [0.25, 0.3) is 0 Å². The van der Waals surface area contributed by atoms with Crippen molar-refractivity contribution >= 4 is 5.78 Å². The standard InChI is InChI=1S/C18H20O2/c1-3-4-7-14-10-12-15(13-11-14)18(19)16-8-5-6-9-17(16)20-2/h5-6,8-13H,3-4,7H2,1-2H3. The molecule has 20 heavy (non-hydrogen) atoms. The van der Waals surface area contributed by atoms with Crippen molar-refractivity contribution in [2.75, 3.05) is 7.11 Å². The Labute approximate surface area is 120 Å². The molecule has 0 aliphatic heterocycles. The summed E-state index contributed by atoms with van der Waals surface area (Å²) < 4.78 is 5.24. The zero-order valence-corrected chi connectivity index (χ0v) is 12.1. The zero-order chi connectivity index (χ0) is 14.4. The highest BCUT2D eigenvalue weighted by Gasteiger charge is 2.13. The summed E-state index contributed by atoms with van der Waals surface area (Å²) in [5.41, 5.74) is 2.59. The number of benzene rings is 2. The van der Waals surface area contributed by atoms with Crippen molar-refractivity contribution in [3.63, 3.8) is 0 Å². The van der Waals surface area contributed by atoms with Crippen molar-refractivity contribution in [2.24, 2.45) is 0 Å². The number of rotatable bonds is 6. The molecule has 0 saturated heterocycles. The topological polar surface area (TPSA) is 26.3 Å². The van der Waals surface area contributed by atoms with Crippen LogP contribution >= 0.6 is 0 Å². The summed E-state index contributed by atoms with van der Waals surface area (Å²) in [7, 11) is 1.58. The fourth-order valence-corrected chi connectivity index (χ4v) is 2.19. The normalized spacial score (nSPS) is 10.3. The maximum Gasteiger partial charge on any atom is 0.196 e. The Bertz CT molecular complexity index is 570. The van der Waals surface area contributed by atoms with Gasteiger partial charge in [-0.3, -0.25) is 4.79 Å². The largest absolute Gasteiger partial charge is 0.496 e. The summed E-state index contributed by atoms with van der Waals surface area (Å²) in [6, 6.07) is 15.2. The van der Waals surface area contributed by atoms with Crippen LogP contribution in [0.2, 0.25) is 0 Å². The number of carbonyl (C=O) groups is 1. The van der Waals surface area contributed by atoms with E-state index in [1.807, 2.05) is 42.5 Å². The Balaban J connectivity index is 2.20. The van der Waals surface area contributed by atoms with Gasteiger partial charge in [-0.1, -0.05) is 49.7 Å². The molecule has 0 bridgehead atoms. The lowest BCUT2D eigenvalue weighted by atomic mass is 10.00. The van der Waals surface area contributed by atoms with E-state index < -0.39 is 0 Å². The third kappa shape index (κ3) is 3.27. The number of carbonyl (C=O) groups excluding carboxylic acids is 1. The highest BCUT2D eigenvalue weighted by Crippen LogP contribution is 2.21. The van der Waals surface area contributed by atoms with E-state index in [2.05, 4.69) is 6.92 Å². The molecule has 0 fully saturated rings. The SMILES string of the molecule is CCCCc1ccc(C(=O)c2ccccc2OC)cc1. The second-order valence-electron chi connectivity index (χ2n) is 4.83. The van der Waals surface area contributed by atoms with E-state index in [9.17, 15) is 4.79 Å². The van der Waals surface area contributed by atoms with E-state index in [1.165, 1.54) is 18.4 Å². The van der Waals surface area contributed by atoms with Crippen LogP contribution in [-0.4, -0.2) is 12.9 Å². The first-order valence-electron chi connectivity index (χ1n) is 7.03. The number of ketones is 1. The van der Waals surface area contributed by atoms with Gasteiger partial charge in [0, 0.05) is 5.56 Å². The highest BCUT2D eigenvalue weighted by molar-refractivity contribution is 6.10. The molecule has 2 aromatic carbocycles. The first-order valence-corrected chi connectivity index (χ1v) is 7.03. The Morgan fingerprint density at radius 1 is 1.05 bits per heavy atom. The van der Waals surface area contributed by atoms with Crippen LogP contribution in [0.4, 0.5) is 0 Å². The summed E-state index contributed by atoms with van der Waals surface area (Å²) in [6.45, 7) is 2.18. The van der Waals surface area contributed by atoms with Crippen LogP contribution in [0.15, 0.2) is 48.5 Å². The van der Waals surface area contributed by atoms with Crippen molar-refractivity contribution in [3.05, 3.63) is 65.2 Å². The van der Waals surface area contributed by atoms with Crippen LogP contribution in [0, 0.1) is 0 Å². The fourth-order valence-electron chi connectivity index (χ4n) is 2.19. The van der Waals surface area contributed by atoms with E-state index in [0.717, 1.165) is 6.42 Å². The minimum absolute atomic E-state index is 0.00416. The lowest BCUT2D eigenvalue weighted by molar-refractivity contribution is 0.103. The van der Waals surface area contributed by atoms with E-state index in [4.69, 9.17) is 4.74 Å². The fraction of sp³-hybridized carbons (Fsp3) is 0.278. The molecule has 0 aromatic heterocycles. The molecule has 0 radical (unpaired) electrons. The molecule has 0 atom stereocenters. The Morgan fingerprint density at radius 3 is 2.40 bits per heavy atom. The van der Waals surface area contributed by atoms with E-state index in [0.29, 0.717) is 16.9 Å². The van der Waals surface area contributed by atoms with Gasteiger partial charge in [-0.05, 0) is 30.5 Å². The molecule has 2 rings (SSSR count). The van der Waals surface area contributed by atoms with Gasteiger partial charge in [-0.15, -0.1) is 0 Å². The summed E-state index contributed by atoms with van der Waals surface area (Å²) in [4.78, 5) is 12.5. The van der Waals surface area contributed by atoms with Gasteiger partial charge in [-0.2, -0.15) is 0 Å². The molecule has 2 aromatic rings. The van der Waals surface area contributed by atoms with Crippen LogP contribution in [-0.2, 0) is 6.42 Å². The predicted molar refractivity (Wildman–Crippen MR) is 81.5 cm³/mol. The van der Waals surface area contributed by atoms with Crippen molar-refractivity contribution in [3.8, 4) is 5.75 Å². The molecule has 0 aliphatic rings. The second-order valence-corrected chi connectivity index (χ2v) is 4.83. The third-order valence-electron chi connectivity index (χ3n) is 3.39. The first kappa shape index (κ1) is 14.3. The van der Waals surface area contributed by atoms with E-state index in [-0.39, 0.29) is 5.78 Å². The van der Waals surface area contributed by atoms with Gasteiger partial charge in [0.05, 0.1) is 12.7 Å². The molecular formula is C18H20O2. The van der Waals surface area contributed by atoms with Crippen LogP contribution in [0.1, 0.15) is 41.3 Å². The molecule has 104 valence electrons. The molecule has 2 nitrogen and oxygen atoms in total. The summed E-state index contributed by atoms with van der Waals surface area (Å²) in [5.74, 6) is 0.622. The van der Waals surface area contributed by atoms with Gasteiger partial charge >= 0.3 is 0 Å². The maximum absolute atomic E-state index is 12.5. The van der Waals surface area contributed by atoms with Gasteiger partial charge < -0.3 is 4.74 Å². The Kier molecular flexibility index (Phi) is 4.94. The lowest BCUT2D eigenvalue weighted by Crippen LogP contribution is -2.03. The molecule has 0 N–H and O–H groups in total. The van der Waals surface area contributed by atoms with Gasteiger partial charge in [0.15, 0.2) is 5.78 Å². The van der Waals surface area contributed by atoms with Gasteiger partial charge in [-0.25, -0.2) is 0 Å². The average molecular weight is 268 g/mol. The Hall–Kier alpha value is -2.09. The van der Waals surface area contributed by atoms with Crippen molar-refractivity contribution in [2.45, 2.75) is 26.2 Å². The third-order valence-corrected chi connectivity index (χ3v) is 3.39. The number of para-hydroxylation sites is 1.